The molecule has 0 radical (unpaired) electrons. The third-order valence-corrected chi connectivity index (χ3v) is 4.35. The van der Waals surface area contributed by atoms with Gasteiger partial charge in [0, 0.05) is 23.7 Å². The molecule has 0 atom stereocenters. The normalized spacial score (nSPS) is 10.5. The van der Waals surface area contributed by atoms with Gasteiger partial charge in [0.2, 0.25) is 0 Å². The SMILES string of the molecule is COCc1ccccc1NCc1csc(COc2ccccc2)n1. The van der Waals surface area contributed by atoms with Crippen molar-refractivity contribution in [2.75, 3.05) is 12.4 Å². The zero-order valence-corrected chi connectivity index (χ0v) is 14.4. The van der Waals surface area contributed by atoms with Gasteiger partial charge in [-0.25, -0.2) is 4.98 Å². The monoisotopic (exact) mass is 340 g/mol. The Balaban J connectivity index is 1.55. The summed E-state index contributed by atoms with van der Waals surface area (Å²) >= 11 is 1.62. The van der Waals surface area contributed by atoms with Crippen LogP contribution in [0.25, 0.3) is 0 Å². The van der Waals surface area contributed by atoms with Crippen LogP contribution in [-0.4, -0.2) is 12.1 Å². The van der Waals surface area contributed by atoms with Crippen LogP contribution in [0.2, 0.25) is 0 Å². The van der Waals surface area contributed by atoms with Gasteiger partial charge in [0.1, 0.15) is 17.4 Å². The quantitative estimate of drug-likeness (QED) is 0.656. The number of aromatic nitrogens is 1. The van der Waals surface area contributed by atoms with E-state index in [-0.39, 0.29) is 0 Å². The van der Waals surface area contributed by atoms with Crippen LogP contribution < -0.4 is 10.1 Å². The minimum Gasteiger partial charge on any atom is -0.486 e. The van der Waals surface area contributed by atoms with Gasteiger partial charge in [-0.05, 0) is 18.2 Å². The fourth-order valence-electron chi connectivity index (χ4n) is 2.32. The van der Waals surface area contributed by atoms with Crippen molar-refractivity contribution in [1.82, 2.24) is 4.98 Å². The molecule has 0 aliphatic carbocycles. The van der Waals surface area contributed by atoms with Crippen molar-refractivity contribution in [3.05, 3.63) is 76.2 Å². The topological polar surface area (TPSA) is 43.4 Å². The highest BCUT2D eigenvalue weighted by Gasteiger charge is 2.05. The number of anilines is 1. The number of hydrogen-bond donors (Lipinski definition) is 1. The third kappa shape index (κ3) is 4.57. The van der Waals surface area contributed by atoms with E-state index in [1.54, 1.807) is 18.4 Å². The van der Waals surface area contributed by atoms with E-state index >= 15 is 0 Å². The van der Waals surface area contributed by atoms with Gasteiger partial charge in [0.15, 0.2) is 0 Å². The highest BCUT2D eigenvalue weighted by molar-refractivity contribution is 7.09. The smallest absolute Gasteiger partial charge is 0.140 e. The second-order valence-corrected chi connectivity index (χ2v) is 6.22. The highest BCUT2D eigenvalue weighted by Crippen LogP contribution is 2.19. The summed E-state index contributed by atoms with van der Waals surface area (Å²) in [6, 6.07) is 17.9. The van der Waals surface area contributed by atoms with Gasteiger partial charge in [0.25, 0.3) is 0 Å². The molecular formula is C19H20N2O2S. The summed E-state index contributed by atoms with van der Waals surface area (Å²) in [7, 11) is 1.70. The van der Waals surface area contributed by atoms with Crippen molar-refractivity contribution in [2.24, 2.45) is 0 Å². The molecule has 0 aliphatic rings. The number of para-hydroxylation sites is 2. The molecular weight excluding hydrogens is 320 g/mol. The van der Waals surface area contributed by atoms with Crippen LogP contribution in [0.15, 0.2) is 60.0 Å². The number of ether oxygens (including phenoxy) is 2. The summed E-state index contributed by atoms with van der Waals surface area (Å²) in [5.41, 5.74) is 3.23. The largest absolute Gasteiger partial charge is 0.486 e. The maximum Gasteiger partial charge on any atom is 0.140 e. The Bertz CT molecular complexity index is 759. The standard InChI is InChI=1S/C19H20N2O2S/c1-22-12-15-7-5-6-10-18(15)20-11-16-14-24-19(21-16)13-23-17-8-3-2-4-9-17/h2-10,14,20H,11-13H2,1H3. The van der Waals surface area contributed by atoms with E-state index in [9.17, 15) is 0 Å². The zero-order chi connectivity index (χ0) is 16.6. The van der Waals surface area contributed by atoms with Crippen LogP contribution in [0.4, 0.5) is 5.69 Å². The van der Waals surface area contributed by atoms with Gasteiger partial charge < -0.3 is 14.8 Å². The summed E-state index contributed by atoms with van der Waals surface area (Å²) in [6.45, 7) is 1.77. The molecule has 4 nitrogen and oxygen atoms in total. The van der Waals surface area contributed by atoms with E-state index in [2.05, 4.69) is 27.8 Å². The Kier molecular flexibility index (Phi) is 5.82. The molecule has 1 heterocycles. The zero-order valence-electron chi connectivity index (χ0n) is 13.6. The first kappa shape index (κ1) is 16.5. The molecule has 0 bridgehead atoms. The van der Waals surface area contributed by atoms with E-state index in [0.717, 1.165) is 27.7 Å². The predicted molar refractivity (Wildman–Crippen MR) is 97.4 cm³/mol. The van der Waals surface area contributed by atoms with E-state index in [0.29, 0.717) is 19.8 Å². The van der Waals surface area contributed by atoms with Gasteiger partial charge in [-0.3, -0.25) is 0 Å². The van der Waals surface area contributed by atoms with Crippen molar-refractivity contribution < 1.29 is 9.47 Å². The minimum atomic E-state index is 0.495. The summed E-state index contributed by atoms with van der Waals surface area (Å²) in [5, 5.41) is 6.46. The maximum atomic E-state index is 5.73. The number of methoxy groups -OCH3 is 1. The van der Waals surface area contributed by atoms with Gasteiger partial charge in [-0.2, -0.15) is 0 Å². The van der Waals surface area contributed by atoms with Crippen LogP contribution in [0.3, 0.4) is 0 Å². The van der Waals surface area contributed by atoms with Crippen molar-refractivity contribution in [3.8, 4) is 5.75 Å². The molecule has 24 heavy (non-hydrogen) atoms. The fraction of sp³-hybridized carbons (Fsp3) is 0.211. The molecule has 2 aromatic carbocycles. The fourth-order valence-corrected chi connectivity index (χ4v) is 3.02. The van der Waals surface area contributed by atoms with E-state index < -0.39 is 0 Å². The molecule has 0 fully saturated rings. The van der Waals surface area contributed by atoms with Gasteiger partial charge in [-0.1, -0.05) is 36.4 Å². The maximum absolute atomic E-state index is 5.73. The predicted octanol–water partition coefficient (Wildman–Crippen LogP) is 4.48. The Morgan fingerprint density at radius 3 is 2.62 bits per heavy atom. The lowest BCUT2D eigenvalue weighted by Gasteiger charge is -2.10. The Labute approximate surface area is 146 Å². The van der Waals surface area contributed by atoms with Crippen LogP contribution in [-0.2, 0) is 24.5 Å². The Hall–Kier alpha value is -2.37. The van der Waals surface area contributed by atoms with Crippen LogP contribution in [0.5, 0.6) is 5.75 Å². The number of thiazole rings is 1. The lowest BCUT2D eigenvalue weighted by Crippen LogP contribution is -2.04. The van der Waals surface area contributed by atoms with Crippen molar-refractivity contribution in [1.29, 1.82) is 0 Å². The van der Waals surface area contributed by atoms with Crippen molar-refractivity contribution >= 4 is 17.0 Å². The molecule has 1 N–H and O–H groups in total. The summed E-state index contributed by atoms with van der Waals surface area (Å²) in [5.74, 6) is 0.862. The number of hydrogen-bond acceptors (Lipinski definition) is 5. The first-order chi connectivity index (χ1) is 11.8. The summed E-state index contributed by atoms with van der Waals surface area (Å²) < 4.78 is 11.0. The van der Waals surface area contributed by atoms with Crippen molar-refractivity contribution in [2.45, 2.75) is 19.8 Å². The Morgan fingerprint density at radius 2 is 1.79 bits per heavy atom. The molecule has 3 aromatic rings. The average molecular weight is 340 g/mol. The van der Waals surface area contributed by atoms with E-state index in [4.69, 9.17) is 9.47 Å². The van der Waals surface area contributed by atoms with Crippen molar-refractivity contribution in [3.63, 3.8) is 0 Å². The van der Waals surface area contributed by atoms with E-state index in [1.807, 2.05) is 42.5 Å². The molecule has 0 aliphatic heterocycles. The lowest BCUT2D eigenvalue weighted by atomic mass is 10.2. The molecule has 3 rings (SSSR count). The molecule has 0 unspecified atom stereocenters. The molecule has 0 amide bonds. The molecule has 124 valence electrons. The van der Waals surface area contributed by atoms with Gasteiger partial charge in [-0.15, -0.1) is 11.3 Å². The third-order valence-electron chi connectivity index (χ3n) is 3.48. The lowest BCUT2D eigenvalue weighted by molar-refractivity contribution is 0.185. The summed E-state index contributed by atoms with van der Waals surface area (Å²) in [6.07, 6.45) is 0. The average Bonchev–Trinajstić information content (AvgIpc) is 3.08. The Morgan fingerprint density at radius 1 is 1.00 bits per heavy atom. The second-order valence-electron chi connectivity index (χ2n) is 5.28. The van der Waals surface area contributed by atoms with Crippen LogP contribution >= 0.6 is 11.3 Å². The number of nitrogens with one attached hydrogen (secondary N) is 1. The molecule has 0 spiro atoms. The number of nitrogens with zero attached hydrogens (tertiary/aromatic N) is 1. The summed E-state index contributed by atoms with van der Waals surface area (Å²) in [4.78, 5) is 4.62. The molecule has 5 heteroatoms. The van der Waals surface area contributed by atoms with Gasteiger partial charge >= 0.3 is 0 Å². The number of benzene rings is 2. The first-order valence-electron chi connectivity index (χ1n) is 7.77. The van der Waals surface area contributed by atoms with Gasteiger partial charge in [0.05, 0.1) is 18.8 Å². The molecule has 0 saturated heterocycles. The van der Waals surface area contributed by atoms with Crippen LogP contribution in [0, 0.1) is 0 Å². The van der Waals surface area contributed by atoms with Crippen LogP contribution in [0.1, 0.15) is 16.3 Å². The number of rotatable bonds is 8. The molecule has 0 saturated carbocycles. The first-order valence-corrected chi connectivity index (χ1v) is 8.65. The highest BCUT2D eigenvalue weighted by atomic mass is 32.1. The molecule has 1 aromatic heterocycles. The minimum absolute atomic E-state index is 0.495. The second kappa shape index (κ2) is 8.47. The van der Waals surface area contributed by atoms with E-state index in [1.165, 1.54) is 0 Å².